The van der Waals surface area contributed by atoms with Gasteiger partial charge in [0.05, 0.1) is 11.3 Å². The maximum Gasteiger partial charge on any atom is 0.274 e. The zero-order valence-electron chi connectivity index (χ0n) is 15.8. The molecular weight excluding hydrogens is 350 g/mol. The van der Waals surface area contributed by atoms with Crippen LogP contribution in [0.4, 0.5) is 11.5 Å². The van der Waals surface area contributed by atoms with Crippen LogP contribution in [-0.4, -0.2) is 27.0 Å². The molecule has 6 nitrogen and oxygen atoms in total. The van der Waals surface area contributed by atoms with E-state index in [4.69, 9.17) is 0 Å². The number of para-hydroxylation sites is 1. The summed E-state index contributed by atoms with van der Waals surface area (Å²) in [5.41, 5.74) is 2.50. The van der Waals surface area contributed by atoms with E-state index in [2.05, 4.69) is 21.6 Å². The fraction of sp³-hybridized carbons (Fsp3) is 0.182. The lowest BCUT2D eigenvalue weighted by Gasteiger charge is -2.26. The van der Waals surface area contributed by atoms with Crippen LogP contribution < -0.4 is 5.32 Å². The summed E-state index contributed by atoms with van der Waals surface area (Å²) in [6, 6.07) is 22.5. The van der Waals surface area contributed by atoms with Crippen LogP contribution in [0.5, 0.6) is 0 Å². The molecule has 1 heterocycles. The lowest BCUT2D eigenvalue weighted by atomic mass is 10.1. The van der Waals surface area contributed by atoms with Crippen molar-refractivity contribution in [1.29, 1.82) is 5.26 Å². The molecule has 1 N–H and O–H groups in total. The fourth-order valence-electron chi connectivity index (χ4n) is 2.76. The Hall–Kier alpha value is -3.72. The molecule has 0 saturated carbocycles. The molecule has 2 aromatic carbocycles. The number of rotatable bonds is 6. The third-order valence-electron chi connectivity index (χ3n) is 4.27. The summed E-state index contributed by atoms with van der Waals surface area (Å²) in [4.78, 5) is 14.7. The zero-order valence-corrected chi connectivity index (χ0v) is 15.8. The van der Waals surface area contributed by atoms with Crippen LogP contribution in [-0.2, 0) is 6.54 Å². The Kier molecular flexibility index (Phi) is 5.97. The van der Waals surface area contributed by atoms with E-state index in [1.54, 1.807) is 35.2 Å². The number of hydrogen-bond acceptors (Lipinski definition) is 5. The summed E-state index contributed by atoms with van der Waals surface area (Å²) in [6.07, 6.45) is 0. The first-order valence-electron chi connectivity index (χ1n) is 9.03. The fourth-order valence-corrected chi connectivity index (χ4v) is 2.76. The molecule has 0 radical (unpaired) electrons. The van der Waals surface area contributed by atoms with E-state index in [-0.39, 0.29) is 17.6 Å². The van der Waals surface area contributed by atoms with E-state index in [1.807, 2.05) is 50.2 Å². The van der Waals surface area contributed by atoms with Crippen molar-refractivity contribution in [3.8, 4) is 6.07 Å². The number of hydrogen-bond donors (Lipinski definition) is 1. The summed E-state index contributed by atoms with van der Waals surface area (Å²) < 4.78 is 0. The van der Waals surface area contributed by atoms with Crippen LogP contribution in [0.15, 0.2) is 66.7 Å². The molecule has 0 saturated heterocycles. The van der Waals surface area contributed by atoms with Crippen LogP contribution in [0.25, 0.3) is 0 Å². The van der Waals surface area contributed by atoms with Crippen molar-refractivity contribution in [3.05, 3.63) is 83.6 Å². The standard InChI is InChI=1S/C22H21N5O/c1-16(2)27(15-17-8-4-3-5-9-17)22(28)20-12-13-21(26-25-20)24-19-11-7-6-10-18(19)14-23/h3-13,16H,15H2,1-2H3,(H,24,26). The Morgan fingerprint density at radius 1 is 1.04 bits per heavy atom. The second-order valence-corrected chi connectivity index (χ2v) is 6.60. The second-order valence-electron chi connectivity index (χ2n) is 6.60. The van der Waals surface area contributed by atoms with Crippen LogP contribution in [0.1, 0.15) is 35.5 Å². The van der Waals surface area contributed by atoms with Crippen LogP contribution in [0.2, 0.25) is 0 Å². The van der Waals surface area contributed by atoms with E-state index in [9.17, 15) is 10.1 Å². The average molecular weight is 371 g/mol. The zero-order chi connectivity index (χ0) is 19.9. The average Bonchev–Trinajstić information content (AvgIpc) is 2.73. The molecule has 1 aromatic heterocycles. The van der Waals surface area contributed by atoms with E-state index < -0.39 is 0 Å². The number of nitrogens with one attached hydrogen (secondary N) is 1. The summed E-state index contributed by atoms with van der Waals surface area (Å²) in [6.45, 7) is 4.46. The number of benzene rings is 2. The largest absolute Gasteiger partial charge is 0.338 e. The second kappa shape index (κ2) is 8.78. The van der Waals surface area contributed by atoms with Gasteiger partial charge in [-0.2, -0.15) is 5.26 Å². The van der Waals surface area contributed by atoms with Gasteiger partial charge < -0.3 is 10.2 Å². The smallest absolute Gasteiger partial charge is 0.274 e. The van der Waals surface area contributed by atoms with E-state index in [0.29, 0.717) is 23.6 Å². The normalized spacial score (nSPS) is 10.4. The molecule has 140 valence electrons. The van der Waals surface area contributed by atoms with Gasteiger partial charge in [-0.1, -0.05) is 42.5 Å². The number of anilines is 2. The Bertz CT molecular complexity index is 978. The number of amides is 1. The molecule has 0 bridgehead atoms. The molecule has 0 aliphatic carbocycles. The van der Waals surface area contributed by atoms with Gasteiger partial charge in [0, 0.05) is 12.6 Å². The summed E-state index contributed by atoms with van der Waals surface area (Å²) >= 11 is 0. The highest BCUT2D eigenvalue weighted by atomic mass is 16.2. The van der Waals surface area contributed by atoms with Crippen molar-refractivity contribution < 1.29 is 4.79 Å². The van der Waals surface area contributed by atoms with Gasteiger partial charge in [-0.3, -0.25) is 4.79 Å². The van der Waals surface area contributed by atoms with E-state index in [1.165, 1.54) is 0 Å². The van der Waals surface area contributed by atoms with Gasteiger partial charge in [0.25, 0.3) is 5.91 Å². The summed E-state index contributed by atoms with van der Waals surface area (Å²) in [5, 5.41) is 20.4. The highest BCUT2D eigenvalue weighted by Crippen LogP contribution is 2.19. The van der Waals surface area contributed by atoms with Crippen LogP contribution in [0, 0.1) is 11.3 Å². The molecule has 0 spiro atoms. The van der Waals surface area contributed by atoms with Crippen molar-refractivity contribution in [2.24, 2.45) is 0 Å². The number of carbonyl (C=O) groups excluding carboxylic acids is 1. The third kappa shape index (κ3) is 4.51. The number of nitrogens with zero attached hydrogens (tertiary/aromatic N) is 4. The SMILES string of the molecule is CC(C)N(Cc1ccccc1)C(=O)c1ccc(Nc2ccccc2C#N)nn1. The number of carbonyl (C=O) groups is 1. The third-order valence-corrected chi connectivity index (χ3v) is 4.27. The molecule has 1 amide bonds. The maximum atomic E-state index is 12.9. The molecule has 0 aliphatic heterocycles. The van der Waals surface area contributed by atoms with Crippen molar-refractivity contribution in [2.45, 2.75) is 26.4 Å². The van der Waals surface area contributed by atoms with Gasteiger partial charge in [-0.05, 0) is 43.7 Å². The van der Waals surface area contributed by atoms with E-state index >= 15 is 0 Å². The minimum absolute atomic E-state index is 0.0230. The van der Waals surface area contributed by atoms with Gasteiger partial charge in [-0.25, -0.2) is 0 Å². The molecule has 0 unspecified atom stereocenters. The van der Waals surface area contributed by atoms with Gasteiger partial charge >= 0.3 is 0 Å². The first-order chi connectivity index (χ1) is 13.6. The summed E-state index contributed by atoms with van der Waals surface area (Å²) in [5.74, 6) is 0.300. The topological polar surface area (TPSA) is 81.9 Å². The first kappa shape index (κ1) is 19.1. The Morgan fingerprint density at radius 2 is 1.75 bits per heavy atom. The number of nitriles is 1. The van der Waals surface area contributed by atoms with Crippen LogP contribution >= 0.6 is 0 Å². The maximum absolute atomic E-state index is 12.9. The molecule has 6 heteroatoms. The Morgan fingerprint density at radius 3 is 2.39 bits per heavy atom. The minimum Gasteiger partial charge on any atom is -0.338 e. The predicted molar refractivity (Wildman–Crippen MR) is 108 cm³/mol. The Labute approximate surface area is 164 Å². The van der Waals surface area contributed by atoms with Crippen molar-refractivity contribution in [1.82, 2.24) is 15.1 Å². The number of aromatic nitrogens is 2. The van der Waals surface area contributed by atoms with Crippen LogP contribution in [0.3, 0.4) is 0 Å². The van der Waals surface area contributed by atoms with Gasteiger partial charge in [0.15, 0.2) is 11.5 Å². The highest BCUT2D eigenvalue weighted by Gasteiger charge is 2.20. The van der Waals surface area contributed by atoms with Gasteiger partial charge in [-0.15, -0.1) is 10.2 Å². The van der Waals surface area contributed by atoms with Crippen molar-refractivity contribution in [2.75, 3.05) is 5.32 Å². The molecule has 3 rings (SSSR count). The van der Waals surface area contributed by atoms with Gasteiger partial charge in [0.1, 0.15) is 6.07 Å². The molecule has 28 heavy (non-hydrogen) atoms. The predicted octanol–water partition coefficient (Wildman–Crippen LogP) is 4.14. The monoisotopic (exact) mass is 371 g/mol. The Balaban J connectivity index is 1.76. The van der Waals surface area contributed by atoms with Crippen molar-refractivity contribution >= 4 is 17.4 Å². The molecule has 3 aromatic rings. The molecule has 0 aliphatic rings. The molecular formula is C22H21N5O. The lowest BCUT2D eigenvalue weighted by Crippen LogP contribution is -2.37. The lowest BCUT2D eigenvalue weighted by molar-refractivity contribution is 0.0683. The quantitative estimate of drug-likeness (QED) is 0.704. The minimum atomic E-state index is -0.171. The van der Waals surface area contributed by atoms with Crippen molar-refractivity contribution in [3.63, 3.8) is 0 Å². The molecule has 0 atom stereocenters. The van der Waals surface area contributed by atoms with Gasteiger partial charge in [0.2, 0.25) is 0 Å². The highest BCUT2D eigenvalue weighted by molar-refractivity contribution is 5.92. The van der Waals surface area contributed by atoms with E-state index in [0.717, 1.165) is 5.56 Å². The summed E-state index contributed by atoms with van der Waals surface area (Å²) in [7, 11) is 0. The molecule has 0 fully saturated rings. The first-order valence-corrected chi connectivity index (χ1v) is 9.03.